The van der Waals surface area contributed by atoms with E-state index in [2.05, 4.69) is 13.8 Å². The van der Waals surface area contributed by atoms with Crippen LogP contribution in [0.1, 0.15) is 46.0 Å². The van der Waals surface area contributed by atoms with Crippen molar-refractivity contribution >= 4 is 23.6 Å². The summed E-state index contributed by atoms with van der Waals surface area (Å²) in [7, 11) is 1.83. The van der Waals surface area contributed by atoms with Crippen molar-refractivity contribution in [2.75, 3.05) is 25.2 Å². The molecule has 2 atom stereocenters. The highest BCUT2D eigenvalue weighted by Gasteiger charge is 2.39. The maximum atomic E-state index is 12.7. The summed E-state index contributed by atoms with van der Waals surface area (Å²) in [4.78, 5) is 29.0. The molecule has 2 fully saturated rings. The summed E-state index contributed by atoms with van der Waals surface area (Å²) in [5, 5.41) is 0. The minimum atomic E-state index is -0.284. The number of hydrogen-bond acceptors (Lipinski definition) is 4. The smallest absolute Gasteiger partial charge is 0.246 e. The Morgan fingerprint density at radius 1 is 1.30 bits per heavy atom. The summed E-state index contributed by atoms with van der Waals surface area (Å²) in [6, 6.07) is -0.173. The fraction of sp³-hybridized carbons (Fsp3) is 0.882. The molecule has 6 heteroatoms. The van der Waals surface area contributed by atoms with E-state index in [0.29, 0.717) is 18.3 Å². The van der Waals surface area contributed by atoms with Crippen LogP contribution in [0, 0.1) is 11.8 Å². The number of amides is 2. The number of carbonyl (C=O) groups is 2. The maximum Gasteiger partial charge on any atom is 0.246 e. The van der Waals surface area contributed by atoms with E-state index in [9.17, 15) is 9.59 Å². The molecule has 1 heterocycles. The standard InChI is InChI=1S/C17H31N3O2S/c1-12(2)14(18)8-9-19(3)17(22)15-10-23-11-20(15)16(21)13-6-4-5-7-13/h12-15H,4-11,18H2,1-3H3. The summed E-state index contributed by atoms with van der Waals surface area (Å²) < 4.78 is 0. The third-order valence-electron chi connectivity index (χ3n) is 5.19. The van der Waals surface area contributed by atoms with E-state index in [1.165, 1.54) is 0 Å². The Bertz CT molecular complexity index is 424. The monoisotopic (exact) mass is 341 g/mol. The van der Waals surface area contributed by atoms with Crippen LogP contribution in [0.3, 0.4) is 0 Å². The molecule has 2 unspecified atom stereocenters. The predicted octanol–water partition coefficient (Wildman–Crippen LogP) is 1.91. The van der Waals surface area contributed by atoms with Crippen LogP contribution >= 0.6 is 11.8 Å². The predicted molar refractivity (Wildman–Crippen MR) is 95.0 cm³/mol. The van der Waals surface area contributed by atoms with Crippen molar-refractivity contribution in [1.82, 2.24) is 9.80 Å². The topological polar surface area (TPSA) is 66.6 Å². The normalized spacial score (nSPS) is 23.5. The van der Waals surface area contributed by atoms with Crippen LogP contribution in [0.25, 0.3) is 0 Å². The van der Waals surface area contributed by atoms with Gasteiger partial charge in [-0.1, -0.05) is 26.7 Å². The zero-order valence-electron chi connectivity index (χ0n) is 14.7. The zero-order valence-corrected chi connectivity index (χ0v) is 15.5. The van der Waals surface area contributed by atoms with E-state index in [1.807, 2.05) is 11.9 Å². The molecule has 1 saturated carbocycles. The van der Waals surface area contributed by atoms with Crippen LogP contribution in [0.5, 0.6) is 0 Å². The third kappa shape index (κ3) is 4.63. The molecule has 0 spiro atoms. The van der Waals surface area contributed by atoms with Gasteiger partial charge in [-0.2, -0.15) is 0 Å². The number of carbonyl (C=O) groups excluding carboxylic acids is 2. The van der Waals surface area contributed by atoms with Crippen LogP contribution in [-0.4, -0.2) is 58.9 Å². The minimum absolute atomic E-state index is 0.0669. The van der Waals surface area contributed by atoms with Crippen LogP contribution in [0.4, 0.5) is 0 Å². The molecule has 0 aromatic carbocycles. The minimum Gasteiger partial charge on any atom is -0.344 e. The third-order valence-corrected chi connectivity index (χ3v) is 6.20. The molecule has 0 radical (unpaired) electrons. The highest BCUT2D eigenvalue weighted by atomic mass is 32.2. The van der Waals surface area contributed by atoms with Gasteiger partial charge in [0.1, 0.15) is 6.04 Å². The van der Waals surface area contributed by atoms with Crippen LogP contribution in [-0.2, 0) is 9.59 Å². The van der Waals surface area contributed by atoms with E-state index < -0.39 is 0 Å². The second-order valence-corrected chi connectivity index (χ2v) is 8.26. The van der Waals surface area contributed by atoms with Gasteiger partial charge in [0, 0.05) is 31.3 Å². The molecule has 2 rings (SSSR count). The largest absolute Gasteiger partial charge is 0.344 e. The quantitative estimate of drug-likeness (QED) is 0.801. The zero-order chi connectivity index (χ0) is 17.0. The Kier molecular flexibility index (Phi) is 6.77. The number of rotatable bonds is 6. The first-order valence-corrected chi connectivity index (χ1v) is 9.96. The Morgan fingerprint density at radius 3 is 2.57 bits per heavy atom. The number of thioether (sulfide) groups is 1. The SMILES string of the molecule is CC(C)C(N)CCN(C)C(=O)C1CSCN1C(=O)C1CCCC1. The molecule has 132 valence electrons. The Labute approximate surface area is 144 Å². The highest BCUT2D eigenvalue weighted by molar-refractivity contribution is 7.99. The van der Waals surface area contributed by atoms with Gasteiger partial charge in [-0.25, -0.2) is 0 Å². The van der Waals surface area contributed by atoms with Gasteiger partial charge < -0.3 is 15.5 Å². The molecule has 5 nitrogen and oxygen atoms in total. The molecule has 1 saturated heterocycles. The molecular formula is C17H31N3O2S. The Morgan fingerprint density at radius 2 is 1.96 bits per heavy atom. The van der Waals surface area contributed by atoms with E-state index >= 15 is 0 Å². The molecule has 2 amide bonds. The Hall–Kier alpha value is -0.750. The molecule has 0 bridgehead atoms. The van der Waals surface area contributed by atoms with E-state index in [0.717, 1.165) is 37.9 Å². The van der Waals surface area contributed by atoms with E-state index in [-0.39, 0.29) is 29.8 Å². The number of nitrogens with zero attached hydrogens (tertiary/aromatic N) is 2. The molecule has 1 aliphatic heterocycles. The first-order chi connectivity index (χ1) is 10.9. The Balaban J connectivity index is 1.90. The van der Waals surface area contributed by atoms with Crippen LogP contribution in [0.2, 0.25) is 0 Å². The van der Waals surface area contributed by atoms with E-state index in [4.69, 9.17) is 5.73 Å². The maximum absolute atomic E-state index is 12.7. The fourth-order valence-corrected chi connectivity index (χ4v) is 4.47. The van der Waals surface area contributed by atoms with Gasteiger partial charge >= 0.3 is 0 Å². The second-order valence-electron chi connectivity index (χ2n) is 7.26. The van der Waals surface area contributed by atoms with Crippen LogP contribution < -0.4 is 5.73 Å². The van der Waals surface area contributed by atoms with Crippen molar-refractivity contribution in [3.63, 3.8) is 0 Å². The van der Waals surface area contributed by atoms with Crippen molar-refractivity contribution in [2.45, 2.75) is 58.0 Å². The summed E-state index contributed by atoms with van der Waals surface area (Å²) in [6.45, 7) is 4.86. The molecule has 2 aliphatic rings. The second kappa shape index (κ2) is 8.38. The number of nitrogens with two attached hydrogens (primary N) is 1. The van der Waals surface area contributed by atoms with Gasteiger partial charge in [-0.15, -0.1) is 11.8 Å². The van der Waals surface area contributed by atoms with Gasteiger partial charge in [-0.05, 0) is 25.2 Å². The molecule has 23 heavy (non-hydrogen) atoms. The van der Waals surface area contributed by atoms with Crippen molar-refractivity contribution in [1.29, 1.82) is 0 Å². The average Bonchev–Trinajstić information content (AvgIpc) is 3.21. The van der Waals surface area contributed by atoms with Gasteiger partial charge in [0.15, 0.2) is 0 Å². The van der Waals surface area contributed by atoms with Crippen molar-refractivity contribution in [3.8, 4) is 0 Å². The molecule has 2 N–H and O–H groups in total. The van der Waals surface area contributed by atoms with Crippen molar-refractivity contribution in [2.24, 2.45) is 17.6 Å². The fourth-order valence-electron chi connectivity index (χ4n) is 3.31. The number of likely N-dealkylation sites (N-methyl/N-ethyl adjacent to an activating group) is 1. The van der Waals surface area contributed by atoms with Gasteiger partial charge in [0.05, 0.1) is 5.88 Å². The lowest BCUT2D eigenvalue weighted by Crippen LogP contribution is -2.49. The summed E-state index contributed by atoms with van der Waals surface area (Å²) in [5.41, 5.74) is 6.07. The average molecular weight is 342 g/mol. The molecule has 1 aliphatic carbocycles. The van der Waals surface area contributed by atoms with Gasteiger partial charge in [0.2, 0.25) is 11.8 Å². The summed E-state index contributed by atoms with van der Waals surface area (Å²) >= 11 is 1.69. The molecule has 0 aromatic rings. The van der Waals surface area contributed by atoms with Gasteiger partial charge in [0.25, 0.3) is 0 Å². The van der Waals surface area contributed by atoms with Crippen molar-refractivity contribution in [3.05, 3.63) is 0 Å². The number of hydrogen-bond donors (Lipinski definition) is 1. The summed E-state index contributed by atoms with van der Waals surface area (Å²) in [6.07, 6.45) is 5.06. The lowest BCUT2D eigenvalue weighted by Gasteiger charge is -2.29. The van der Waals surface area contributed by atoms with Gasteiger partial charge in [-0.3, -0.25) is 9.59 Å². The first kappa shape index (κ1) is 18.6. The van der Waals surface area contributed by atoms with Crippen molar-refractivity contribution < 1.29 is 9.59 Å². The van der Waals surface area contributed by atoms with Crippen LogP contribution in [0.15, 0.2) is 0 Å². The highest BCUT2D eigenvalue weighted by Crippen LogP contribution is 2.31. The first-order valence-electron chi connectivity index (χ1n) is 8.80. The lowest BCUT2D eigenvalue weighted by atomic mass is 10.0. The lowest BCUT2D eigenvalue weighted by molar-refractivity contribution is -0.144. The molecular weight excluding hydrogens is 310 g/mol. The molecule has 0 aromatic heterocycles. The summed E-state index contributed by atoms with van der Waals surface area (Å²) in [5.74, 6) is 2.20. The van der Waals surface area contributed by atoms with E-state index in [1.54, 1.807) is 16.7 Å².